The van der Waals surface area contributed by atoms with E-state index in [0.717, 1.165) is 5.56 Å². The highest BCUT2D eigenvalue weighted by atomic mass is 19.3. The first-order valence-electron chi connectivity index (χ1n) is 6.28. The van der Waals surface area contributed by atoms with Gasteiger partial charge in [-0.3, -0.25) is 0 Å². The van der Waals surface area contributed by atoms with Crippen molar-refractivity contribution in [3.63, 3.8) is 0 Å². The van der Waals surface area contributed by atoms with Crippen molar-refractivity contribution in [3.05, 3.63) is 36.4 Å². The molecule has 0 unspecified atom stereocenters. The van der Waals surface area contributed by atoms with E-state index >= 15 is 0 Å². The number of nitrogens with one attached hydrogen (secondary N) is 1. The van der Waals surface area contributed by atoms with E-state index in [0.29, 0.717) is 18.2 Å². The Balaban J connectivity index is 2.31. The second-order valence-corrected chi connectivity index (χ2v) is 4.01. The number of ether oxygens (including phenoxy) is 1. The molecular formula is C14H15F2N3O. The minimum atomic E-state index is -2.53. The molecule has 2 aromatic rings. The fraction of sp³-hybridized carbons (Fsp3) is 0.286. The summed E-state index contributed by atoms with van der Waals surface area (Å²) in [6, 6.07) is 10.8. The van der Waals surface area contributed by atoms with Gasteiger partial charge in [0.25, 0.3) is 6.43 Å². The van der Waals surface area contributed by atoms with E-state index in [2.05, 4.69) is 15.3 Å². The molecule has 2 rings (SSSR count). The quantitative estimate of drug-likeness (QED) is 0.882. The zero-order valence-corrected chi connectivity index (χ0v) is 11.0. The lowest BCUT2D eigenvalue weighted by Gasteiger charge is -2.10. The lowest BCUT2D eigenvalue weighted by molar-refractivity contribution is 0.0796. The van der Waals surface area contributed by atoms with E-state index < -0.39 is 13.0 Å². The van der Waals surface area contributed by atoms with Gasteiger partial charge in [-0.15, -0.1) is 0 Å². The van der Waals surface area contributed by atoms with Gasteiger partial charge in [0.15, 0.2) is 12.4 Å². The Bertz CT molecular complexity index is 549. The summed E-state index contributed by atoms with van der Waals surface area (Å²) < 4.78 is 29.4. The Labute approximate surface area is 115 Å². The molecule has 106 valence electrons. The van der Waals surface area contributed by atoms with Gasteiger partial charge in [0.2, 0.25) is 5.88 Å². The van der Waals surface area contributed by atoms with E-state index in [9.17, 15) is 8.78 Å². The van der Waals surface area contributed by atoms with Crippen molar-refractivity contribution < 1.29 is 13.5 Å². The maximum atomic E-state index is 12.2. The molecule has 1 heterocycles. The SMILES string of the molecule is CCNc1cc(OCC(F)F)nc(-c2ccccc2)n1. The van der Waals surface area contributed by atoms with Crippen LogP contribution in [0.4, 0.5) is 14.6 Å². The Morgan fingerprint density at radius 1 is 1.20 bits per heavy atom. The van der Waals surface area contributed by atoms with E-state index in [1.165, 1.54) is 6.07 Å². The van der Waals surface area contributed by atoms with Crippen LogP contribution in [0.5, 0.6) is 5.88 Å². The van der Waals surface area contributed by atoms with Crippen LogP contribution >= 0.6 is 0 Å². The first kappa shape index (κ1) is 14.2. The van der Waals surface area contributed by atoms with E-state index in [-0.39, 0.29) is 5.88 Å². The Morgan fingerprint density at radius 2 is 1.95 bits per heavy atom. The van der Waals surface area contributed by atoms with Gasteiger partial charge in [-0.25, -0.2) is 13.8 Å². The van der Waals surface area contributed by atoms with Crippen LogP contribution in [-0.2, 0) is 0 Å². The number of alkyl halides is 2. The molecule has 0 saturated carbocycles. The van der Waals surface area contributed by atoms with Gasteiger partial charge in [-0.1, -0.05) is 30.3 Å². The molecule has 1 aromatic heterocycles. The van der Waals surface area contributed by atoms with E-state index in [4.69, 9.17) is 4.74 Å². The maximum Gasteiger partial charge on any atom is 0.272 e. The molecule has 1 aromatic carbocycles. The fourth-order valence-electron chi connectivity index (χ4n) is 1.64. The van der Waals surface area contributed by atoms with Crippen molar-refractivity contribution in [1.82, 2.24) is 9.97 Å². The summed E-state index contributed by atoms with van der Waals surface area (Å²) in [6.07, 6.45) is -2.53. The standard InChI is InChI=1S/C14H15F2N3O/c1-2-17-12-8-13(20-9-11(15)16)19-14(18-12)10-6-4-3-5-7-10/h3-8,11H,2,9H2,1H3,(H,17,18,19). The average Bonchev–Trinajstić information content (AvgIpc) is 2.46. The van der Waals surface area contributed by atoms with Gasteiger partial charge in [0, 0.05) is 18.2 Å². The van der Waals surface area contributed by atoms with Gasteiger partial charge in [0.1, 0.15) is 5.82 Å². The Morgan fingerprint density at radius 3 is 2.60 bits per heavy atom. The van der Waals surface area contributed by atoms with Crippen molar-refractivity contribution in [2.45, 2.75) is 13.3 Å². The monoisotopic (exact) mass is 279 g/mol. The number of rotatable bonds is 6. The molecule has 0 aliphatic heterocycles. The molecule has 0 bridgehead atoms. The lowest BCUT2D eigenvalue weighted by atomic mass is 10.2. The second kappa shape index (κ2) is 6.79. The fourth-order valence-corrected chi connectivity index (χ4v) is 1.64. The Kier molecular flexibility index (Phi) is 4.81. The molecule has 0 fully saturated rings. The summed E-state index contributed by atoms with van der Waals surface area (Å²) in [5.74, 6) is 1.12. The lowest BCUT2D eigenvalue weighted by Crippen LogP contribution is -2.10. The van der Waals surface area contributed by atoms with Crippen molar-refractivity contribution >= 4 is 5.82 Å². The summed E-state index contributed by atoms with van der Waals surface area (Å²) in [5.41, 5.74) is 0.800. The van der Waals surface area contributed by atoms with Gasteiger partial charge in [0.05, 0.1) is 0 Å². The van der Waals surface area contributed by atoms with Crippen LogP contribution in [0.25, 0.3) is 11.4 Å². The predicted molar refractivity (Wildman–Crippen MR) is 73.1 cm³/mol. The topological polar surface area (TPSA) is 47.0 Å². The second-order valence-electron chi connectivity index (χ2n) is 4.01. The minimum absolute atomic E-state index is 0.134. The van der Waals surface area contributed by atoms with Gasteiger partial charge < -0.3 is 10.1 Å². The highest BCUT2D eigenvalue weighted by Gasteiger charge is 2.09. The van der Waals surface area contributed by atoms with Crippen LogP contribution in [0.1, 0.15) is 6.92 Å². The third-order valence-electron chi connectivity index (χ3n) is 2.45. The van der Waals surface area contributed by atoms with Crippen LogP contribution in [-0.4, -0.2) is 29.5 Å². The normalized spacial score (nSPS) is 10.6. The summed E-state index contributed by atoms with van der Waals surface area (Å²) in [5, 5.41) is 3.03. The molecule has 20 heavy (non-hydrogen) atoms. The summed E-state index contributed by atoms with van der Waals surface area (Å²) >= 11 is 0. The molecular weight excluding hydrogens is 264 g/mol. The van der Waals surface area contributed by atoms with Gasteiger partial charge in [-0.05, 0) is 6.92 Å². The number of nitrogens with zero attached hydrogens (tertiary/aromatic N) is 2. The zero-order valence-electron chi connectivity index (χ0n) is 11.0. The smallest absolute Gasteiger partial charge is 0.272 e. The molecule has 0 aliphatic rings. The highest BCUT2D eigenvalue weighted by molar-refractivity contribution is 5.58. The minimum Gasteiger partial charge on any atom is -0.471 e. The van der Waals surface area contributed by atoms with E-state index in [1.54, 1.807) is 0 Å². The van der Waals surface area contributed by atoms with Crippen molar-refractivity contribution in [1.29, 1.82) is 0 Å². The van der Waals surface area contributed by atoms with Crippen LogP contribution in [0.3, 0.4) is 0 Å². The van der Waals surface area contributed by atoms with Crippen molar-refractivity contribution in [3.8, 4) is 17.3 Å². The van der Waals surface area contributed by atoms with Gasteiger partial charge in [-0.2, -0.15) is 4.98 Å². The molecule has 1 N–H and O–H groups in total. The van der Waals surface area contributed by atoms with Crippen molar-refractivity contribution in [2.24, 2.45) is 0 Å². The summed E-state index contributed by atoms with van der Waals surface area (Å²) in [7, 11) is 0. The molecule has 0 aliphatic carbocycles. The third kappa shape index (κ3) is 3.88. The van der Waals surface area contributed by atoms with Crippen LogP contribution < -0.4 is 10.1 Å². The highest BCUT2D eigenvalue weighted by Crippen LogP contribution is 2.21. The van der Waals surface area contributed by atoms with E-state index in [1.807, 2.05) is 37.3 Å². The number of anilines is 1. The summed E-state index contributed by atoms with van der Waals surface area (Å²) in [4.78, 5) is 8.48. The third-order valence-corrected chi connectivity index (χ3v) is 2.45. The zero-order chi connectivity index (χ0) is 14.4. The first-order chi connectivity index (χ1) is 9.69. The molecule has 0 radical (unpaired) electrons. The number of hydrogen-bond donors (Lipinski definition) is 1. The van der Waals surface area contributed by atoms with Crippen LogP contribution in [0.15, 0.2) is 36.4 Å². The molecule has 6 heteroatoms. The molecule has 0 saturated heterocycles. The number of halogens is 2. The number of benzene rings is 1. The predicted octanol–water partition coefficient (Wildman–Crippen LogP) is 3.22. The molecule has 0 amide bonds. The van der Waals surface area contributed by atoms with Gasteiger partial charge >= 0.3 is 0 Å². The van der Waals surface area contributed by atoms with Crippen LogP contribution in [0.2, 0.25) is 0 Å². The average molecular weight is 279 g/mol. The maximum absolute atomic E-state index is 12.2. The number of hydrogen-bond acceptors (Lipinski definition) is 4. The Hall–Kier alpha value is -2.24. The summed E-state index contributed by atoms with van der Waals surface area (Å²) in [6.45, 7) is 1.90. The first-order valence-corrected chi connectivity index (χ1v) is 6.28. The van der Waals surface area contributed by atoms with Crippen molar-refractivity contribution in [2.75, 3.05) is 18.5 Å². The molecule has 4 nitrogen and oxygen atoms in total. The number of aromatic nitrogens is 2. The molecule has 0 spiro atoms. The largest absolute Gasteiger partial charge is 0.471 e. The molecule has 0 atom stereocenters. The van der Waals surface area contributed by atoms with Crippen LogP contribution in [0, 0.1) is 0 Å².